The van der Waals surface area contributed by atoms with Crippen LogP contribution in [0, 0.1) is 0 Å². The average molecular weight is 177 g/mol. The van der Waals surface area contributed by atoms with E-state index in [1.54, 1.807) is 18.5 Å². The molecule has 6 nitrogen and oxygen atoms in total. The number of rotatable bonds is 2. The van der Waals surface area contributed by atoms with Crippen LogP contribution in [0.25, 0.3) is 11.5 Å². The highest BCUT2D eigenvalue weighted by molar-refractivity contribution is 5.49. The van der Waals surface area contributed by atoms with Crippen molar-refractivity contribution in [3.8, 4) is 11.5 Å². The lowest BCUT2D eigenvalue weighted by Gasteiger charge is -1.89. The summed E-state index contributed by atoms with van der Waals surface area (Å²) in [5, 5.41) is 14.8. The summed E-state index contributed by atoms with van der Waals surface area (Å²) < 4.78 is 5.20. The monoisotopic (exact) mass is 177 g/mol. The Morgan fingerprint density at radius 1 is 1.31 bits per heavy atom. The predicted molar refractivity (Wildman–Crippen MR) is 43.2 cm³/mol. The summed E-state index contributed by atoms with van der Waals surface area (Å²) in [4.78, 5) is 0. The van der Waals surface area contributed by atoms with E-state index in [-0.39, 0.29) is 6.54 Å². The van der Waals surface area contributed by atoms with Gasteiger partial charge in [0.15, 0.2) is 0 Å². The molecule has 0 aliphatic carbocycles. The Morgan fingerprint density at radius 2 is 2.23 bits per heavy atom. The molecule has 2 rings (SSSR count). The van der Waals surface area contributed by atoms with Crippen LogP contribution in [0.2, 0.25) is 0 Å². The normalized spacial score (nSPS) is 10.2. The van der Waals surface area contributed by atoms with Gasteiger partial charge in [-0.2, -0.15) is 10.2 Å². The molecule has 2 heterocycles. The second-order valence-corrected chi connectivity index (χ2v) is 2.34. The summed E-state index contributed by atoms with van der Waals surface area (Å²) in [7, 11) is 0. The van der Waals surface area contributed by atoms with Gasteiger partial charge in [0.2, 0.25) is 11.8 Å². The highest BCUT2D eigenvalue weighted by atomic mass is 16.4. The lowest BCUT2D eigenvalue weighted by atomic mass is 10.3. The van der Waals surface area contributed by atoms with Crippen LogP contribution >= 0.6 is 0 Å². The van der Waals surface area contributed by atoms with Gasteiger partial charge >= 0.3 is 0 Å². The Labute approximate surface area is 73.8 Å². The molecule has 13 heavy (non-hydrogen) atoms. The first-order valence-electron chi connectivity index (χ1n) is 3.69. The van der Waals surface area contributed by atoms with Crippen molar-refractivity contribution in [1.82, 2.24) is 20.4 Å². The van der Waals surface area contributed by atoms with E-state index in [0.717, 1.165) is 5.56 Å². The maximum absolute atomic E-state index is 5.32. The van der Waals surface area contributed by atoms with Crippen molar-refractivity contribution >= 4 is 0 Å². The summed E-state index contributed by atoms with van der Waals surface area (Å²) >= 11 is 0. The number of aromatic nitrogens is 4. The molecule has 0 amide bonds. The first-order chi connectivity index (χ1) is 6.40. The smallest absolute Gasteiger partial charge is 0.249 e. The van der Waals surface area contributed by atoms with Crippen LogP contribution in [0.5, 0.6) is 0 Å². The first kappa shape index (κ1) is 7.81. The lowest BCUT2D eigenvalue weighted by molar-refractivity contribution is 0.508. The summed E-state index contributed by atoms with van der Waals surface area (Å²) in [6, 6.07) is 1.74. The molecule has 0 saturated carbocycles. The molecule has 66 valence electrons. The fourth-order valence-electron chi connectivity index (χ4n) is 0.870. The molecule has 0 unspecified atom stereocenters. The zero-order valence-corrected chi connectivity index (χ0v) is 6.71. The van der Waals surface area contributed by atoms with Crippen molar-refractivity contribution in [2.24, 2.45) is 5.73 Å². The highest BCUT2D eigenvalue weighted by Gasteiger charge is 2.06. The van der Waals surface area contributed by atoms with Crippen molar-refractivity contribution in [2.45, 2.75) is 6.54 Å². The van der Waals surface area contributed by atoms with Crippen LogP contribution in [-0.4, -0.2) is 20.4 Å². The first-order valence-corrected chi connectivity index (χ1v) is 3.69. The van der Waals surface area contributed by atoms with Crippen LogP contribution in [0.1, 0.15) is 5.89 Å². The zero-order valence-electron chi connectivity index (χ0n) is 6.71. The van der Waals surface area contributed by atoms with Crippen molar-refractivity contribution in [3.05, 3.63) is 24.4 Å². The van der Waals surface area contributed by atoms with E-state index >= 15 is 0 Å². The minimum Gasteiger partial charge on any atom is -0.419 e. The molecule has 0 aliphatic heterocycles. The van der Waals surface area contributed by atoms with Gasteiger partial charge in [0.1, 0.15) is 0 Å². The Hall–Kier alpha value is -1.82. The third-order valence-corrected chi connectivity index (χ3v) is 1.47. The number of nitrogens with two attached hydrogens (primary N) is 1. The van der Waals surface area contributed by atoms with Gasteiger partial charge < -0.3 is 10.2 Å². The number of hydrogen-bond donors (Lipinski definition) is 1. The molecule has 0 bridgehead atoms. The molecule has 0 radical (unpaired) electrons. The standard InChI is InChI=1S/C7H7N5O/c8-3-6-11-12-7(13-6)5-1-2-9-10-4-5/h1-2,4H,3,8H2. The van der Waals surface area contributed by atoms with Crippen LogP contribution < -0.4 is 5.73 Å². The van der Waals surface area contributed by atoms with E-state index in [1.165, 1.54) is 0 Å². The van der Waals surface area contributed by atoms with E-state index in [9.17, 15) is 0 Å². The van der Waals surface area contributed by atoms with Crippen molar-refractivity contribution in [3.63, 3.8) is 0 Å². The minimum atomic E-state index is 0.242. The predicted octanol–water partition coefficient (Wildman–Crippen LogP) is -0.0147. The molecule has 2 aromatic rings. The van der Waals surface area contributed by atoms with Gasteiger partial charge in [0, 0.05) is 0 Å². The van der Waals surface area contributed by atoms with Gasteiger partial charge in [-0.05, 0) is 6.07 Å². The molecular formula is C7H7N5O. The van der Waals surface area contributed by atoms with Crippen molar-refractivity contribution < 1.29 is 4.42 Å². The molecule has 6 heteroatoms. The van der Waals surface area contributed by atoms with Gasteiger partial charge in [-0.25, -0.2) is 0 Å². The minimum absolute atomic E-state index is 0.242. The summed E-state index contributed by atoms with van der Waals surface area (Å²) in [6.45, 7) is 0.242. The van der Waals surface area contributed by atoms with Crippen LogP contribution in [0.4, 0.5) is 0 Å². The SMILES string of the molecule is NCc1nnc(-c2ccnnc2)o1. The van der Waals surface area contributed by atoms with Gasteiger partial charge in [-0.3, -0.25) is 0 Å². The Bertz CT molecular complexity index is 385. The largest absolute Gasteiger partial charge is 0.419 e. The molecule has 2 aromatic heterocycles. The van der Waals surface area contributed by atoms with Gasteiger partial charge in [0.25, 0.3) is 0 Å². The Morgan fingerprint density at radius 3 is 2.85 bits per heavy atom. The molecule has 0 fully saturated rings. The number of hydrogen-bond acceptors (Lipinski definition) is 6. The maximum atomic E-state index is 5.32. The van der Waals surface area contributed by atoms with E-state index in [2.05, 4.69) is 20.4 Å². The summed E-state index contributed by atoms with van der Waals surface area (Å²) in [5.74, 6) is 0.821. The fraction of sp³-hybridized carbons (Fsp3) is 0.143. The number of nitrogens with zero attached hydrogens (tertiary/aromatic N) is 4. The topological polar surface area (TPSA) is 90.7 Å². The Balaban J connectivity index is 2.36. The maximum Gasteiger partial charge on any atom is 0.249 e. The molecule has 0 aromatic carbocycles. The van der Waals surface area contributed by atoms with Crippen LogP contribution in [0.15, 0.2) is 22.9 Å². The van der Waals surface area contributed by atoms with Crippen molar-refractivity contribution in [1.29, 1.82) is 0 Å². The van der Waals surface area contributed by atoms with Crippen LogP contribution in [-0.2, 0) is 6.54 Å². The van der Waals surface area contributed by atoms with E-state index < -0.39 is 0 Å². The second kappa shape index (κ2) is 3.28. The molecule has 2 N–H and O–H groups in total. The highest BCUT2D eigenvalue weighted by Crippen LogP contribution is 2.14. The quantitative estimate of drug-likeness (QED) is 0.693. The molecule has 0 spiro atoms. The average Bonchev–Trinajstić information content (AvgIpc) is 2.67. The summed E-state index contributed by atoms with van der Waals surface area (Å²) in [6.07, 6.45) is 3.11. The summed E-state index contributed by atoms with van der Waals surface area (Å²) in [5.41, 5.74) is 6.06. The Kier molecular flexibility index (Phi) is 1.97. The molecule has 0 aliphatic rings. The van der Waals surface area contributed by atoms with E-state index in [4.69, 9.17) is 10.2 Å². The fourth-order valence-corrected chi connectivity index (χ4v) is 0.870. The molecule has 0 atom stereocenters. The zero-order chi connectivity index (χ0) is 9.10. The van der Waals surface area contributed by atoms with Gasteiger partial charge in [-0.15, -0.1) is 10.2 Å². The lowest BCUT2D eigenvalue weighted by Crippen LogP contribution is -1.95. The molecular weight excluding hydrogens is 170 g/mol. The van der Waals surface area contributed by atoms with Crippen LogP contribution in [0.3, 0.4) is 0 Å². The van der Waals surface area contributed by atoms with Gasteiger partial charge in [0.05, 0.1) is 24.5 Å². The van der Waals surface area contributed by atoms with E-state index in [1.807, 2.05) is 0 Å². The van der Waals surface area contributed by atoms with E-state index in [0.29, 0.717) is 11.8 Å². The third-order valence-electron chi connectivity index (χ3n) is 1.47. The molecule has 0 saturated heterocycles. The third kappa shape index (κ3) is 1.52. The second-order valence-electron chi connectivity index (χ2n) is 2.34. The van der Waals surface area contributed by atoms with Crippen molar-refractivity contribution in [2.75, 3.05) is 0 Å². The van der Waals surface area contributed by atoms with Gasteiger partial charge in [-0.1, -0.05) is 0 Å².